The molecule has 0 saturated carbocycles. The van der Waals surface area contributed by atoms with Gasteiger partial charge in [0.25, 0.3) is 0 Å². The molecule has 4 nitrogen and oxygen atoms in total. The minimum absolute atomic E-state index is 0.0170. The summed E-state index contributed by atoms with van der Waals surface area (Å²) in [5.74, 6) is 0.0644. The van der Waals surface area contributed by atoms with E-state index >= 15 is 0 Å². The molecule has 19 heavy (non-hydrogen) atoms. The van der Waals surface area contributed by atoms with E-state index in [-0.39, 0.29) is 17.9 Å². The van der Waals surface area contributed by atoms with Gasteiger partial charge >= 0.3 is 0 Å². The molecule has 1 heterocycles. The topological polar surface area (TPSA) is 40.6 Å². The summed E-state index contributed by atoms with van der Waals surface area (Å²) in [6, 6.07) is 0.271. The Hall–Kier alpha value is -1.06. The van der Waals surface area contributed by atoms with E-state index in [4.69, 9.17) is 0 Å². The number of hydrogen-bond donors (Lipinski definition) is 0. The molecule has 1 atom stereocenters. The molecular formula is C15H28N2O2. The van der Waals surface area contributed by atoms with E-state index in [1.54, 1.807) is 4.90 Å². The Balaban J connectivity index is 2.69. The van der Waals surface area contributed by atoms with Gasteiger partial charge in [0.2, 0.25) is 11.8 Å². The van der Waals surface area contributed by atoms with Crippen molar-refractivity contribution in [3.63, 3.8) is 0 Å². The maximum absolute atomic E-state index is 12.6. The van der Waals surface area contributed by atoms with E-state index in [0.717, 1.165) is 12.8 Å². The van der Waals surface area contributed by atoms with Crippen molar-refractivity contribution < 1.29 is 9.59 Å². The van der Waals surface area contributed by atoms with Crippen LogP contribution in [0.2, 0.25) is 0 Å². The van der Waals surface area contributed by atoms with Crippen LogP contribution in [0.25, 0.3) is 0 Å². The molecular weight excluding hydrogens is 240 g/mol. The highest BCUT2D eigenvalue weighted by Gasteiger charge is 2.44. The van der Waals surface area contributed by atoms with Crippen LogP contribution in [-0.2, 0) is 9.59 Å². The average Bonchev–Trinajstić information content (AvgIpc) is 2.32. The number of unbranched alkanes of at least 4 members (excludes halogenated alkanes) is 2. The lowest BCUT2D eigenvalue weighted by molar-refractivity contribution is -0.159. The van der Waals surface area contributed by atoms with E-state index < -0.39 is 5.54 Å². The first-order valence-electron chi connectivity index (χ1n) is 7.41. The van der Waals surface area contributed by atoms with Crippen molar-refractivity contribution in [2.24, 2.45) is 0 Å². The number of carbonyl (C=O) groups excluding carboxylic acids is 2. The fourth-order valence-electron chi connectivity index (χ4n) is 2.87. The molecule has 4 heteroatoms. The van der Waals surface area contributed by atoms with Crippen molar-refractivity contribution in [2.45, 2.75) is 71.9 Å². The summed E-state index contributed by atoms with van der Waals surface area (Å²) >= 11 is 0. The Morgan fingerprint density at radius 1 is 1.32 bits per heavy atom. The van der Waals surface area contributed by atoms with Crippen LogP contribution in [0, 0.1) is 0 Å². The van der Waals surface area contributed by atoms with E-state index in [1.807, 2.05) is 18.7 Å². The predicted molar refractivity (Wildman–Crippen MR) is 76.8 cm³/mol. The molecule has 0 N–H and O–H groups in total. The first-order valence-corrected chi connectivity index (χ1v) is 7.41. The van der Waals surface area contributed by atoms with Crippen LogP contribution in [0.4, 0.5) is 0 Å². The highest BCUT2D eigenvalue weighted by atomic mass is 16.2. The average molecular weight is 268 g/mol. The molecule has 1 unspecified atom stereocenters. The van der Waals surface area contributed by atoms with Crippen LogP contribution in [0.3, 0.4) is 0 Å². The summed E-state index contributed by atoms with van der Waals surface area (Å²) in [5, 5.41) is 0. The zero-order chi connectivity index (χ0) is 14.6. The Morgan fingerprint density at radius 3 is 2.47 bits per heavy atom. The maximum Gasteiger partial charge on any atom is 0.248 e. The zero-order valence-electron chi connectivity index (χ0n) is 13.0. The Morgan fingerprint density at radius 2 is 1.95 bits per heavy atom. The molecule has 1 aliphatic heterocycles. The monoisotopic (exact) mass is 268 g/mol. The second kappa shape index (κ2) is 6.40. The van der Waals surface area contributed by atoms with Gasteiger partial charge in [0.1, 0.15) is 5.54 Å². The first-order chi connectivity index (χ1) is 8.82. The summed E-state index contributed by atoms with van der Waals surface area (Å²) in [5.41, 5.74) is -0.705. The van der Waals surface area contributed by atoms with E-state index in [9.17, 15) is 9.59 Å². The summed E-state index contributed by atoms with van der Waals surface area (Å²) in [6.45, 7) is 10.8. The van der Waals surface area contributed by atoms with Crippen molar-refractivity contribution in [2.75, 3.05) is 13.1 Å². The van der Waals surface area contributed by atoms with Crippen LogP contribution >= 0.6 is 0 Å². The third-order valence-corrected chi connectivity index (χ3v) is 4.16. The molecule has 1 saturated heterocycles. The van der Waals surface area contributed by atoms with Crippen LogP contribution in [0.15, 0.2) is 0 Å². The fourth-order valence-corrected chi connectivity index (χ4v) is 2.87. The second-order valence-corrected chi connectivity index (χ2v) is 6.07. The molecule has 0 aromatic carbocycles. The molecule has 1 aliphatic rings. The predicted octanol–water partition coefficient (Wildman–Crippen LogP) is 2.42. The number of hydrogen-bond acceptors (Lipinski definition) is 2. The second-order valence-electron chi connectivity index (χ2n) is 6.07. The third kappa shape index (κ3) is 3.48. The number of rotatable bonds is 5. The maximum atomic E-state index is 12.6. The van der Waals surface area contributed by atoms with Crippen LogP contribution < -0.4 is 0 Å². The van der Waals surface area contributed by atoms with Gasteiger partial charge in [-0.15, -0.1) is 0 Å². The van der Waals surface area contributed by atoms with Crippen molar-refractivity contribution in [3.8, 4) is 0 Å². The van der Waals surface area contributed by atoms with Crippen molar-refractivity contribution >= 4 is 11.8 Å². The van der Waals surface area contributed by atoms with Gasteiger partial charge in [-0.2, -0.15) is 0 Å². The third-order valence-electron chi connectivity index (χ3n) is 4.16. The molecule has 2 amide bonds. The van der Waals surface area contributed by atoms with E-state index in [2.05, 4.69) is 13.8 Å². The Kier molecular flexibility index (Phi) is 5.39. The van der Waals surface area contributed by atoms with Crippen molar-refractivity contribution in [3.05, 3.63) is 0 Å². The van der Waals surface area contributed by atoms with Gasteiger partial charge in [0.15, 0.2) is 0 Å². The first kappa shape index (κ1) is 16.0. The van der Waals surface area contributed by atoms with Crippen LogP contribution in [0.5, 0.6) is 0 Å². The number of carbonyl (C=O) groups is 2. The lowest BCUT2D eigenvalue weighted by Gasteiger charge is -2.47. The molecule has 0 aromatic heterocycles. The molecule has 0 aliphatic carbocycles. The molecule has 110 valence electrons. The molecule has 1 fully saturated rings. The lowest BCUT2D eigenvalue weighted by Crippen LogP contribution is -2.65. The Bertz CT molecular complexity index is 339. The SMILES string of the molecule is CCCCCC(C)N1CCN(C(C)=O)C(C)(C)C1=O. The van der Waals surface area contributed by atoms with Crippen LogP contribution in [0.1, 0.15) is 60.3 Å². The number of amides is 2. The van der Waals surface area contributed by atoms with Gasteiger partial charge in [-0.3, -0.25) is 9.59 Å². The van der Waals surface area contributed by atoms with Gasteiger partial charge in [0, 0.05) is 26.1 Å². The molecule has 0 aromatic rings. The van der Waals surface area contributed by atoms with E-state index in [1.165, 1.54) is 19.8 Å². The summed E-state index contributed by atoms with van der Waals surface area (Å²) in [4.78, 5) is 27.8. The van der Waals surface area contributed by atoms with Crippen molar-refractivity contribution in [1.29, 1.82) is 0 Å². The number of piperazine rings is 1. The van der Waals surface area contributed by atoms with Gasteiger partial charge in [-0.25, -0.2) is 0 Å². The number of nitrogens with zero attached hydrogens (tertiary/aromatic N) is 2. The van der Waals surface area contributed by atoms with Gasteiger partial charge in [-0.1, -0.05) is 26.2 Å². The molecule has 0 radical (unpaired) electrons. The summed E-state index contributed by atoms with van der Waals surface area (Å²) in [7, 11) is 0. The lowest BCUT2D eigenvalue weighted by atomic mass is 9.95. The zero-order valence-corrected chi connectivity index (χ0v) is 13.0. The summed E-state index contributed by atoms with van der Waals surface area (Å²) < 4.78 is 0. The smallest absolute Gasteiger partial charge is 0.248 e. The van der Waals surface area contributed by atoms with E-state index in [0.29, 0.717) is 13.1 Å². The minimum atomic E-state index is -0.705. The molecule has 0 bridgehead atoms. The summed E-state index contributed by atoms with van der Waals surface area (Å²) in [6.07, 6.45) is 4.63. The minimum Gasteiger partial charge on any atom is -0.336 e. The highest BCUT2D eigenvalue weighted by Crippen LogP contribution is 2.25. The van der Waals surface area contributed by atoms with Gasteiger partial charge in [-0.05, 0) is 27.2 Å². The van der Waals surface area contributed by atoms with Gasteiger partial charge < -0.3 is 9.80 Å². The van der Waals surface area contributed by atoms with Crippen molar-refractivity contribution in [1.82, 2.24) is 9.80 Å². The fraction of sp³-hybridized carbons (Fsp3) is 0.867. The quantitative estimate of drug-likeness (QED) is 0.719. The Labute approximate surface area is 117 Å². The molecule has 1 rings (SSSR count). The largest absolute Gasteiger partial charge is 0.336 e. The van der Waals surface area contributed by atoms with Gasteiger partial charge in [0.05, 0.1) is 0 Å². The van der Waals surface area contributed by atoms with Crippen LogP contribution in [-0.4, -0.2) is 46.3 Å². The standard InChI is InChI=1S/C15H28N2O2/c1-6-7-8-9-12(2)16-10-11-17(13(3)18)15(4,5)14(16)19/h12H,6-11H2,1-5H3. The molecule has 0 spiro atoms. The normalized spacial score (nSPS) is 20.6. The highest BCUT2D eigenvalue weighted by molar-refractivity contribution is 5.91.